The first-order chi connectivity index (χ1) is 16.7. The summed E-state index contributed by atoms with van der Waals surface area (Å²) in [6.45, 7) is 2.89. The van der Waals surface area contributed by atoms with Gasteiger partial charge in [-0.05, 0) is 26.0 Å². The Hall–Kier alpha value is -3.38. The molecule has 2 N–H and O–H groups in total. The number of hydrogen-bond acceptors (Lipinski definition) is 9. The van der Waals surface area contributed by atoms with Gasteiger partial charge in [0.25, 0.3) is 5.56 Å². The van der Waals surface area contributed by atoms with Gasteiger partial charge in [-0.3, -0.25) is 23.7 Å². The first-order valence-corrected chi connectivity index (χ1v) is 12.2. The monoisotopic (exact) mass is 505 g/mol. The number of aromatic amines is 1. The van der Waals surface area contributed by atoms with E-state index in [2.05, 4.69) is 25.0 Å². The highest BCUT2D eigenvalue weighted by atomic mass is 31.2. The number of imidazole rings is 1. The molecule has 0 spiro atoms. The van der Waals surface area contributed by atoms with E-state index in [1.165, 1.54) is 24.2 Å². The lowest BCUT2D eigenvalue weighted by Gasteiger charge is -2.22. The van der Waals surface area contributed by atoms with Gasteiger partial charge in [0.1, 0.15) is 18.3 Å². The van der Waals surface area contributed by atoms with Gasteiger partial charge in [-0.25, -0.2) is 19.6 Å². The predicted molar refractivity (Wildman–Crippen MR) is 130 cm³/mol. The number of carbonyl (C=O) groups excluding carboxylic acids is 1. The van der Waals surface area contributed by atoms with E-state index in [9.17, 15) is 14.2 Å². The van der Waals surface area contributed by atoms with Crippen molar-refractivity contribution in [2.75, 3.05) is 27.3 Å². The van der Waals surface area contributed by atoms with Crippen LogP contribution in [0.25, 0.3) is 11.2 Å². The summed E-state index contributed by atoms with van der Waals surface area (Å²) in [5, 5.41) is 2.63. The number of nitrogens with zero attached hydrogens (tertiary/aromatic N) is 5. The molecule has 0 aliphatic carbocycles. The molecule has 2 aromatic heterocycles. The number of para-hydroxylation sites is 1. The summed E-state index contributed by atoms with van der Waals surface area (Å²) >= 11 is 0. The Kier molecular flexibility index (Phi) is 8.88. The van der Waals surface area contributed by atoms with Gasteiger partial charge in [-0.1, -0.05) is 18.2 Å². The molecule has 0 aliphatic heterocycles. The number of Topliss-reactive ketones (excluding diaryl/α,β-unsaturated/α-hetero) is 1. The van der Waals surface area contributed by atoms with Gasteiger partial charge < -0.3 is 14.2 Å². The molecule has 1 unspecified atom stereocenters. The smallest absolute Gasteiger partial charge is 0.413 e. The van der Waals surface area contributed by atoms with Crippen LogP contribution in [0.3, 0.4) is 0 Å². The third-order valence-corrected chi connectivity index (χ3v) is 6.20. The van der Waals surface area contributed by atoms with Crippen molar-refractivity contribution >= 4 is 37.0 Å². The van der Waals surface area contributed by atoms with Gasteiger partial charge >= 0.3 is 7.75 Å². The number of fused-ring (bicyclic) bond motifs is 1. The molecular weight excluding hydrogens is 477 g/mol. The summed E-state index contributed by atoms with van der Waals surface area (Å²) < 4.78 is 31.3. The van der Waals surface area contributed by atoms with Crippen molar-refractivity contribution in [1.29, 1.82) is 0 Å². The van der Waals surface area contributed by atoms with Crippen LogP contribution < -0.4 is 15.2 Å². The normalized spacial score (nSPS) is 14.2. The summed E-state index contributed by atoms with van der Waals surface area (Å²) in [6.07, 6.45) is 2.93. The number of carbonyl (C=O) groups is 1. The van der Waals surface area contributed by atoms with E-state index in [-0.39, 0.29) is 37.2 Å². The second-order valence-corrected chi connectivity index (χ2v) is 9.41. The zero-order chi connectivity index (χ0) is 25.4. The molecule has 2 atom stereocenters. The van der Waals surface area contributed by atoms with Crippen molar-refractivity contribution in [3.05, 3.63) is 47.0 Å². The van der Waals surface area contributed by atoms with Crippen molar-refractivity contribution in [1.82, 2.24) is 29.5 Å². The maximum atomic E-state index is 13.2. The van der Waals surface area contributed by atoms with Crippen LogP contribution in [0.2, 0.25) is 0 Å². The highest BCUT2D eigenvalue weighted by Crippen LogP contribution is 2.44. The Morgan fingerprint density at radius 2 is 2.06 bits per heavy atom. The predicted octanol–water partition coefficient (Wildman–Crippen LogP) is 2.09. The van der Waals surface area contributed by atoms with E-state index in [1.807, 2.05) is 0 Å². The zero-order valence-corrected chi connectivity index (χ0v) is 20.8. The third-order valence-electron chi connectivity index (χ3n) is 4.52. The Labute approximate surface area is 201 Å². The Morgan fingerprint density at radius 3 is 2.74 bits per heavy atom. The average molecular weight is 505 g/mol. The van der Waals surface area contributed by atoms with Crippen LogP contribution in [0.15, 0.2) is 46.4 Å². The molecular formula is C21H28N7O6P. The van der Waals surface area contributed by atoms with Crippen LogP contribution in [-0.2, 0) is 25.4 Å². The number of H-pyrrole nitrogens is 1. The van der Waals surface area contributed by atoms with Crippen LogP contribution >= 0.6 is 7.75 Å². The topological polar surface area (TPSA) is 153 Å². The maximum Gasteiger partial charge on any atom is 0.459 e. The molecule has 188 valence electrons. The number of rotatable bonds is 13. The first-order valence-electron chi connectivity index (χ1n) is 10.7. The van der Waals surface area contributed by atoms with Crippen molar-refractivity contribution in [3.63, 3.8) is 0 Å². The largest absolute Gasteiger partial charge is 0.459 e. The van der Waals surface area contributed by atoms with Crippen molar-refractivity contribution in [2.24, 2.45) is 4.99 Å². The summed E-state index contributed by atoms with van der Waals surface area (Å²) in [5.74, 6) is 0.241. The van der Waals surface area contributed by atoms with E-state index < -0.39 is 19.3 Å². The summed E-state index contributed by atoms with van der Waals surface area (Å²) in [6, 6.07) is 7.76. The number of benzene rings is 1. The molecule has 14 heteroatoms. The molecule has 3 rings (SSSR count). The maximum absolute atomic E-state index is 13.2. The van der Waals surface area contributed by atoms with Gasteiger partial charge in [-0.2, -0.15) is 4.98 Å². The Morgan fingerprint density at radius 1 is 1.31 bits per heavy atom. The molecule has 0 aliphatic rings. The SMILES string of the molecule is CC(=O)[C@H](C)NP(=O)(OCCOCn1cnc2c(=O)[nH]c(/N=C/N(C)C)nc21)Oc1ccccc1. The minimum atomic E-state index is -3.87. The van der Waals surface area contributed by atoms with E-state index in [4.69, 9.17) is 13.8 Å². The van der Waals surface area contributed by atoms with Gasteiger partial charge in [0.05, 0.1) is 31.9 Å². The van der Waals surface area contributed by atoms with Gasteiger partial charge in [0, 0.05) is 14.1 Å². The molecule has 13 nitrogen and oxygen atoms in total. The highest BCUT2D eigenvalue weighted by molar-refractivity contribution is 7.52. The standard InChI is InChI=1S/C21H28N7O6P/c1-15(16(2)29)26-35(31,34-17-8-6-5-7-9-17)33-11-10-32-14-28-13-22-18-19(28)24-21(25-20(18)30)23-12-27(3)4/h5-9,12-13,15H,10-11,14H2,1-4H3,(H,26,31)(H,24,25,30)/b23-12+/t15-,35?/m0/s1. The minimum Gasteiger partial charge on any atom is -0.413 e. The number of aliphatic imine (C=N–C) groups is 1. The van der Waals surface area contributed by atoms with Gasteiger partial charge in [0.15, 0.2) is 11.2 Å². The lowest BCUT2D eigenvalue weighted by atomic mass is 10.3. The second-order valence-electron chi connectivity index (χ2n) is 7.72. The zero-order valence-electron chi connectivity index (χ0n) is 19.9. The molecule has 0 fully saturated rings. The van der Waals surface area contributed by atoms with E-state index in [1.54, 1.807) is 56.3 Å². The molecule has 35 heavy (non-hydrogen) atoms. The van der Waals surface area contributed by atoms with Crippen molar-refractivity contribution < 1.29 is 23.1 Å². The molecule has 3 aromatic rings. The van der Waals surface area contributed by atoms with Crippen LogP contribution in [0.5, 0.6) is 5.75 Å². The Balaban J connectivity index is 1.61. The van der Waals surface area contributed by atoms with Gasteiger partial charge in [0.2, 0.25) is 5.95 Å². The first kappa shape index (κ1) is 26.2. The fourth-order valence-corrected chi connectivity index (χ4v) is 4.24. The number of aromatic nitrogens is 4. The lowest BCUT2D eigenvalue weighted by molar-refractivity contribution is -0.118. The molecule has 0 radical (unpaired) electrons. The molecule has 1 aromatic carbocycles. The number of ether oxygens (including phenoxy) is 1. The van der Waals surface area contributed by atoms with Crippen LogP contribution in [0.1, 0.15) is 13.8 Å². The third kappa shape index (κ3) is 7.55. The van der Waals surface area contributed by atoms with E-state index in [0.717, 1.165) is 0 Å². The number of nitrogens with one attached hydrogen (secondary N) is 2. The summed E-state index contributed by atoms with van der Waals surface area (Å²) in [4.78, 5) is 40.6. The lowest BCUT2D eigenvalue weighted by Crippen LogP contribution is -2.32. The summed E-state index contributed by atoms with van der Waals surface area (Å²) in [7, 11) is -0.283. The van der Waals surface area contributed by atoms with Gasteiger partial charge in [-0.15, -0.1) is 0 Å². The highest BCUT2D eigenvalue weighted by Gasteiger charge is 2.30. The average Bonchev–Trinajstić information content (AvgIpc) is 3.21. The molecule has 0 amide bonds. The number of ketones is 1. The molecule has 0 bridgehead atoms. The molecule has 0 saturated carbocycles. The quantitative estimate of drug-likeness (QED) is 0.153. The second kappa shape index (κ2) is 11.8. The van der Waals surface area contributed by atoms with Crippen molar-refractivity contribution in [2.45, 2.75) is 26.6 Å². The number of hydrogen-bond donors (Lipinski definition) is 2. The Bertz CT molecular complexity index is 1270. The molecule has 2 heterocycles. The van der Waals surface area contributed by atoms with Crippen LogP contribution in [0.4, 0.5) is 5.95 Å². The van der Waals surface area contributed by atoms with Crippen LogP contribution in [0, 0.1) is 0 Å². The van der Waals surface area contributed by atoms with Crippen LogP contribution in [-0.4, -0.2) is 69.9 Å². The van der Waals surface area contributed by atoms with E-state index >= 15 is 0 Å². The molecule has 0 saturated heterocycles. The summed E-state index contributed by atoms with van der Waals surface area (Å²) in [5.41, 5.74) is 0.0279. The fraction of sp³-hybridized carbons (Fsp3) is 0.381. The van der Waals surface area contributed by atoms with E-state index in [0.29, 0.717) is 11.4 Å². The fourth-order valence-electron chi connectivity index (χ4n) is 2.69. The van der Waals surface area contributed by atoms with Crippen molar-refractivity contribution in [3.8, 4) is 5.75 Å². The minimum absolute atomic E-state index is 0.00820.